The summed E-state index contributed by atoms with van der Waals surface area (Å²) in [4.78, 5) is 21.5. The second kappa shape index (κ2) is 4.92. The number of benzene rings is 1. The molecule has 1 aromatic rings. The Kier molecular flexibility index (Phi) is 3.59. The smallest absolute Gasteiger partial charge is 0.267 e. The highest BCUT2D eigenvalue weighted by atomic mass is 16.5. The molecule has 0 saturated heterocycles. The SMILES string of the molecule is NC(=O)c1cccc(/C=C/C(=O)NO)c1. The van der Waals surface area contributed by atoms with Gasteiger partial charge in [-0.1, -0.05) is 12.1 Å². The molecule has 2 amide bonds. The number of nitrogens with one attached hydrogen (secondary N) is 1. The molecule has 5 nitrogen and oxygen atoms in total. The lowest BCUT2D eigenvalue weighted by Gasteiger charge is -1.97. The molecule has 0 aliphatic rings. The van der Waals surface area contributed by atoms with Crippen molar-refractivity contribution in [1.29, 1.82) is 0 Å². The Morgan fingerprint density at radius 2 is 2.13 bits per heavy atom. The number of amides is 2. The van der Waals surface area contributed by atoms with E-state index in [0.29, 0.717) is 11.1 Å². The van der Waals surface area contributed by atoms with Gasteiger partial charge in [0, 0.05) is 11.6 Å². The highest BCUT2D eigenvalue weighted by Crippen LogP contribution is 2.06. The molecule has 0 spiro atoms. The molecular formula is C10H10N2O3. The minimum absolute atomic E-state index is 0.363. The molecule has 4 N–H and O–H groups in total. The minimum atomic E-state index is -0.639. The van der Waals surface area contributed by atoms with Crippen LogP contribution in [0, 0.1) is 0 Å². The van der Waals surface area contributed by atoms with E-state index < -0.39 is 11.8 Å². The third kappa shape index (κ3) is 3.24. The minimum Gasteiger partial charge on any atom is -0.366 e. The van der Waals surface area contributed by atoms with Crippen LogP contribution in [0.5, 0.6) is 0 Å². The quantitative estimate of drug-likeness (QED) is 0.377. The first-order valence-electron chi connectivity index (χ1n) is 4.15. The van der Waals surface area contributed by atoms with Gasteiger partial charge in [-0.2, -0.15) is 0 Å². The molecule has 0 unspecified atom stereocenters. The Balaban J connectivity index is 2.87. The molecule has 1 rings (SSSR count). The predicted octanol–water partition coefficient (Wildman–Crippen LogP) is 0.304. The van der Waals surface area contributed by atoms with Crippen LogP contribution in [0.3, 0.4) is 0 Å². The summed E-state index contributed by atoms with van der Waals surface area (Å²) in [7, 11) is 0. The molecule has 1 aromatic carbocycles. The lowest BCUT2D eigenvalue weighted by Crippen LogP contribution is -2.14. The molecule has 5 heteroatoms. The normalized spacial score (nSPS) is 10.2. The van der Waals surface area contributed by atoms with Crippen LogP contribution in [0.15, 0.2) is 30.3 Å². The molecule has 0 aliphatic carbocycles. The fraction of sp³-hybridized carbons (Fsp3) is 0. The van der Waals surface area contributed by atoms with Crippen LogP contribution in [0.4, 0.5) is 0 Å². The molecule has 0 bridgehead atoms. The maximum Gasteiger partial charge on any atom is 0.267 e. The number of hydrogen-bond acceptors (Lipinski definition) is 3. The molecule has 0 aliphatic heterocycles. The van der Waals surface area contributed by atoms with Crippen molar-refractivity contribution in [2.75, 3.05) is 0 Å². The average Bonchev–Trinajstić information content (AvgIpc) is 2.26. The first-order chi connectivity index (χ1) is 7.13. The summed E-state index contributed by atoms with van der Waals surface area (Å²) in [6, 6.07) is 6.47. The van der Waals surface area contributed by atoms with Crippen molar-refractivity contribution in [2.24, 2.45) is 5.73 Å². The molecule has 15 heavy (non-hydrogen) atoms. The van der Waals surface area contributed by atoms with Gasteiger partial charge < -0.3 is 5.73 Å². The predicted molar refractivity (Wildman–Crippen MR) is 53.9 cm³/mol. The molecule has 0 atom stereocenters. The van der Waals surface area contributed by atoms with E-state index in [1.807, 2.05) is 0 Å². The standard InChI is InChI=1S/C10H10N2O3/c11-10(14)8-3-1-2-7(6-8)4-5-9(13)12-15/h1-6,15H,(H2,11,14)(H,12,13)/b5-4+. The summed E-state index contributed by atoms with van der Waals surface area (Å²) in [6.45, 7) is 0. The second-order valence-corrected chi connectivity index (χ2v) is 2.80. The zero-order chi connectivity index (χ0) is 11.3. The number of nitrogens with two attached hydrogens (primary N) is 1. The van der Waals surface area contributed by atoms with Crippen molar-refractivity contribution < 1.29 is 14.8 Å². The van der Waals surface area contributed by atoms with Gasteiger partial charge in [-0.3, -0.25) is 14.8 Å². The number of hydroxylamine groups is 1. The first-order valence-corrected chi connectivity index (χ1v) is 4.15. The average molecular weight is 206 g/mol. The van der Waals surface area contributed by atoms with Crippen molar-refractivity contribution in [1.82, 2.24) is 5.48 Å². The summed E-state index contributed by atoms with van der Waals surface area (Å²) >= 11 is 0. The summed E-state index contributed by atoms with van der Waals surface area (Å²) < 4.78 is 0. The van der Waals surface area contributed by atoms with Crippen LogP contribution in [-0.4, -0.2) is 17.0 Å². The van der Waals surface area contributed by atoms with Crippen molar-refractivity contribution in [3.63, 3.8) is 0 Å². The van der Waals surface area contributed by atoms with Gasteiger partial charge in [0.15, 0.2) is 0 Å². The number of hydrogen-bond donors (Lipinski definition) is 3. The van der Waals surface area contributed by atoms with E-state index in [9.17, 15) is 9.59 Å². The van der Waals surface area contributed by atoms with Crippen molar-refractivity contribution in [2.45, 2.75) is 0 Å². The van der Waals surface area contributed by atoms with Crippen LogP contribution in [0.25, 0.3) is 6.08 Å². The van der Waals surface area contributed by atoms with Gasteiger partial charge >= 0.3 is 0 Å². The third-order valence-corrected chi connectivity index (χ3v) is 1.71. The van der Waals surface area contributed by atoms with Gasteiger partial charge in [0.25, 0.3) is 5.91 Å². The maximum atomic E-state index is 10.8. The summed E-state index contributed by atoms with van der Waals surface area (Å²) in [6.07, 6.45) is 2.60. The third-order valence-electron chi connectivity index (χ3n) is 1.71. The van der Waals surface area contributed by atoms with Crippen molar-refractivity contribution in [3.05, 3.63) is 41.5 Å². The van der Waals surface area contributed by atoms with Crippen molar-refractivity contribution >= 4 is 17.9 Å². The summed E-state index contributed by atoms with van der Waals surface area (Å²) in [5.41, 5.74) is 7.55. The summed E-state index contributed by atoms with van der Waals surface area (Å²) in [5.74, 6) is -1.17. The molecule has 0 heterocycles. The van der Waals surface area contributed by atoms with Crippen LogP contribution >= 0.6 is 0 Å². The Morgan fingerprint density at radius 1 is 1.40 bits per heavy atom. The molecule has 0 aromatic heterocycles. The summed E-state index contributed by atoms with van der Waals surface area (Å²) in [5, 5.41) is 8.23. The highest BCUT2D eigenvalue weighted by Gasteiger charge is 1.99. The van der Waals surface area contributed by atoms with Gasteiger partial charge in [0.2, 0.25) is 5.91 Å². The molecule has 0 fully saturated rings. The van der Waals surface area contributed by atoms with Crippen LogP contribution in [-0.2, 0) is 4.79 Å². The number of primary amides is 1. The Hall–Kier alpha value is -2.14. The van der Waals surface area contributed by atoms with E-state index in [-0.39, 0.29) is 0 Å². The maximum absolute atomic E-state index is 10.8. The highest BCUT2D eigenvalue weighted by molar-refractivity contribution is 5.94. The lowest BCUT2D eigenvalue weighted by atomic mass is 10.1. The van der Waals surface area contributed by atoms with Crippen LogP contribution in [0.2, 0.25) is 0 Å². The Labute approximate surface area is 86.2 Å². The first kappa shape index (κ1) is 10.9. The van der Waals surface area contributed by atoms with Gasteiger partial charge in [-0.15, -0.1) is 0 Å². The fourth-order valence-corrected chi connectivity index (χ4v) is 1.00. The van der Waals surface area contributed by atoms with Crippen molar-refractivity contribution in [3.8, 4) is 0 Å². The Morgan fingerprint density at radius 3 is 2.73 bits per heavy atom. The van der Waals surface area contributed by atoms with E-state index >= 15 is 0 Å². The van der Waals surface area contributed by atoms with Crippen LogP contribution in [0.1, 0.15) is 15.9 Å². The van der Waals surface area contributed by atoms with Gasteiger partial charge in [-0.05, 0) is 23.8 Å². The van der Waals surface area contributed by atoms with E-state index in [1.165, 1.54) is 11.6 Å². The Bertz CT molecular complexity index is 413. The van der Waals surface area contributed by atoms with E-state index in [2.05, 4.69) is 0 Å². The van der Waals surface area contributed by atoms with E-state index in [1.54, 1.807) is 24.3 Å². The topological polar surface area (TPSA) is 92.4 Å². The fourth-order valence-electron chi connectivity index (χ4n) is 1.00. The van der Waals surface area contributed by atoms with E-state index in [4.69, 9.17) is 10.9 Å². The van der Waals surface area contributed by atoms with Gasteiger partial charge in [0.05, 0.1) is 0 Å². The zero-order valence-corrected chi connectivity index (χ0v) is 7.81. The lowest BCUT2D eigenvalue weighted by molar-refractivity contribution is -0.124. The number of rotatable bonds is 3. The zero-order valence-electron chi connectivity index (χ0n) is 7.81. The molecule has 0 radical (unpaired) electrons. The second-order valence-electron chi connectivity index (χ2n) is 2.80. The number of carbonyl (C=O) groups excluding carboxylic acids is 2. The molecular weight excluding hydrogens is 196 g/mol. The number of carbonyl (C=O) groups is 2. The largest absolute Gasteiger partial charge is 0.366 e. The molecule has 78 valence electrons. The monoisotopic (exact) mass is 206 g/mol. The molecule has 0 saturated carbocycles. The van der Waals surface area contributed by atoms with Crippen LogP contribution < -0.4 is 11.2 Å². The van der Waals surface area contributed by atoms with E-state index in [0.717, 1.165) is 6.08 Å². The van der Waals surface area contributed by atoms with Gasteiger partial charge in [-0.25, -0.2) is 5.48 Å². The van der Waals surface area contributed by atoms with Gasteiger partial charge in [0.1, 0.15) is 0 Å².